The fourth-order valence-corrected chi connectivity index (χ4v) is 3.77. The van der Waals surface area contributed by atoms with Crippen LogP contribution >= 0.6 is 23.8 Å². The van der Waals surface area contributed by atoms with E-state index in [0.29, 0.717) is 41.3 Å². The van der Waals surface area contributed by atoms with Crippen LogP contribution in [0.1, 0.15) is 13.3 Å². The molecule has 0 fully saturated rings. The highest BCUT2D eigenvalue weighted by molar-refractivity contribution is 7.92. The van der Waals surface area contributed by atoms with Crippen LogP contribution in [-0.4, -0.2) is 33.3 Å². The van der Waals surface area contributed by atoms with Crippen molar-refractivity contribution < 1.29 is 13.2 Å². The van der Waals surface area contributed by atoms with Gasteiger partial charge in [-0.05, 0) is 55.9 Å². The molecule has 2 rings (SSSR count). The van der Waals surface area contributed by atoms with E-state index >= 15 is 0 Å². The quantitative estimate of drug-likeness (QED) is 0.416. The molecule has 0 amide bonds. The summed E-state index contributed by atoms with van der Waals surface area (Å²) in [6, 6.07) is 13.0. The number of anilines is 2. The Kier molecular flexibility index (Phi) is 8.30. The van der Waals surface area contributed by atoms with E-state index in [9.17, 15) is 8.42 Å². The second-order valence-electron chi connectivity index (χ2n) is 5.54. The molecule has 0 aromatic heterocycles. The second-order valence-corrected chi connectivity index (χ2v) is 8.04. The van der Waals surface area contributed by atoms with Gasteiger partial charge in [-0.3, -0.25) is 4.72 Å². The molecular weight excluding hydrogens is 406 g/mol. The molecule has 0 aliphatic heterocycles. The zero-order valence-electron chi connectivity index (χ0n) is 14.9. The van der Waals surface area contributed by atoms with Crippen molar-refractivity contribution in [1.29, 1.82) is 0 Å². The lowest BCUT2D eigenvalue weighted by Crippen LogP contribution is -2.29. The third-order valence-corrected chi connectivity index (χ3v) is 5.41. The first kappa shape index (κ1) is 21.4. The molecule has 0 heterocycles. The van der Waals surface area contributed by atoms with Crippen LogP contribution < -0.4 is 15.4 Å². The highest BCUT2D eigenvalue weighted by atomic mass is 35.5. The highest BCUT2D eigenvalue weighted by Gasteiger charge is 2.16. The smallest absolute Gasteiger partial charge is 0.262 e. The number of benzene rings is 2. The predicted octanol–water partition coefficient (Wildman–Crippen LogP) is 3.85. The summed E-state index contributed by atoms with van der Waals surface area (Å²) in [4.78, 5) is 0.103. The van der Waals surface area contributed by atoms with Gasteiger partial charge in [-0.25, -0.2) is 8.42 Å². The molecule has 2 aromatic rings. The Morgan fingerprint density at radius 1 is 1.19 bits per heavy atom. The van der Waals surface area contributed by atoms with Gasteiger partial charge in [0.2, 0.25) is 0 Å². The SMILES string of the molecule is CCOCCCNC(=S)Nc1cccc(S(=O)(=O)Nc2ccccc2Cl)c1. The van der Waals surface area contributed by atoms with Gasteiger partial charge in [0.15, 0.2) is 5.11 Å². The van der Waals surface area contributed by atoms with Crippen LogP contribution in [-0.2, 0) is 14.8 Å². The molecule has 0 spiro atoms. The van der Waals surface area contributed by atoms with Crippen molar-refractivity contribution in [3.05, 3.63) is 53.6 Å². The number of hydrogen-bond donors (Lipinski definition) is 3. The van der Waals surface area contributed by atoms with Crippen LogP contribution in [0.15, 0.2) is 53.4 Å². The number of halogens is 1. The minimum atomic E-state index is -3.78. The summed E-state index contributed by atoms with van der Waals surface area (Å²) >= 11 is 11.3. The maximum atomic E-state index is 12.6. The van der Waals surface area contributed by atoms with Crippen LogP contribution in [0.25, 0.3) is 0 Å². The van der Waals surface area contributed by atoms with E-state index in [0.717, 1.165) is 6.42 Å². The minimum Gasteiger partial charge on any atom is -0.382 e. The number of hydrogen-bond acceptors (Lipinski definition) is 4. The number of nitrogens with one attached hydrogen (secondary N) is 3. The van der Waals surface area contributed by atoms with Crippen LogP contribution in [0.4, 0.5) is 11.4 Å². The zero-order chi connectivity index (χ0) is 19.7. The van der Waals surface area contributed by atoms with E-state index in [-0.39, 0.29) is 4.90 Å². The Bertz CT molecular complexity index is 876. The Hall–Kier alpha value is -1.87. The van der Waals surface area contributed by atoms with Gasteiger partial charge >= 0.3 is 0 Å². The van der Waals surface area contributed by atoms with E-state index in [2.05, 4.69) is 15.4 Å². The van der Waals surface area contributed by atoms with Crippen molar-refractivity contribution in [2.24, 2.45) is 0 Å². The van der Waals surface area contributed by atoms with Crippen LogP contribution in [0.3, 0.4) is 0 Å². The Labute approximate surface area is 170 Å². The lowest BCUT2D eigenvalue weighted by molar-refractivity contribution is 0.146. The summed E-state index contributed by atoms with van der Waals surface area (Å²) in [5, 5.41) is 6.78. The summed E-state index contributed by atoms with van der Waals surface area (Å²) < 4.78 is 33.0. The van der Waals surface area contributed by atoms with E-state index < -0.39 is 10.0 Å². The lowest BCUT2D eigenvalue weighted by atomic mass is 10.3. The standard InChI is InChI=1S/C18H22ClN3O3S2/c1-2-25-12-6-11-20-18(26)21-14-7-5-8-15(13-14)27(23,24)22-17-10-4-3-9-16(17)19/h3-5,7-10,13,22H,2,6,11-12H2,1H3,(H2,20,21,26). The second kappa shape index (κ2) is 10.5. The van der Waals surface area contributed by atoms with E-state index in [4.69, 9.17) is 28.6 Å². The number of sulfonamides is 1. The van der Waals surface area contributed by atoms with Gasteiger partial charge in [-0.2, -0.15) is 0 Å². The number of ether oxygens (including phenoxy) is 1. The molecule has 0 aliphatic rings. The van der Waals surface area contributed by atoms with Gasteiger partial charge in [0.1, 0.15) is 0 Å². The summed E-state index contributed by atoms with van der Waals surface area (Å²) in [5.74, 6) is 0. The van der Waals surface area contributed by atoms with Gasteiger partial charge in [0.05, 0.1) is 15.6 Å². The van der Waals surface area contributed by atoms with Gasteiger partial charge in [0, 0.05) is 25.4 Å². The molecule has 3 N–H and O–H groups in total. The third kappa shape index (κ3) is 6.99. The molecule has 0 atom stereocenters. The van der Waals surface area contributed by atoms with Gasteiger partial charge < -0.3 is 15.4 Å². The zero-order valence-corrected chi connectivity index (χ0v) is 17.3. The summed E-state index contributed by atoms with van der Waals surface area (Å²) in [5.41, 5.74) is 0.892. The molecule has 27 heavy (non-hydrogen) atoms. The maximum absolute atomic E-state index is 12.6. The first-order chi connectivity index (χ1) is 12.9. The van der Waals surface area contributed by atoms with Crippen molar-refractivity contribution >= 4 is 50.3 Å². The number of para-hydroxylation sites is 1. The molecular formula is C18H22ClN3O3S2. The molecule has 0 aliphatic carbocycles. The normalized spacial score (nSPS) is 11.0. The minimum absolute atomic E-state index is 0.103. The van der Waals surface area contributed by atoms with E-state index in [1.807, 2.05) is 6.92 Å². The summed E-state index contributed by atoms with van der Waals surface area (Å²) in [6.07, 6.45) is 0.825. The Morgan fingerprint density at radius 3 is 2.70 bits per heavy atom. The largest absolute Gasteiger partial charge is 0.382 e. The van der Waals surface area contributed by atoms with Crippen LogP contribution in [0, 0.1) is 0 Å². The average Bonchev–Trinajstić information content (AvgIpc) is 2.63. The van der Waals surface area contributed by atoms with Crippen molar-refractivity contribution in [3.8, 4) is 0 Å². The highest BCUT2D eigenvalue weighted by Crippen LogP contribution is 2.24. The molecule has 146 valence electrons. The molecule has 0 saturated carbocycles. The van der Waals surface area contributed by atoms with Crippen LogP contribution in [0.2, 0.25) is 5.02 Å². The average molecular weight is 428 g/mol. The predicted molar refractivity (Wildman–Crippen MR) is 114 cm³/mol. The van der Waals surface area contributed by atoms with Crippen LogP contribution in [0.5, 0.6) is 0 Å². The molecule has 0 bridgehead atoms. The van der Waals surface area contributed by atoms with Gasteiger partial charge in [-0.1, -0.05) is 29.8 Å². The first-order valence-electron chi connectivity index (χ1n) is 8.42. The Morgan fingerprint density at radius 2 is 1.96 bits per heavy atom. The number of rotatable bonds is 9. The third-order valence-electron chi connectivity index (χ3n) is 3.48. The summed E-state index contributed by atoms with van der Waals surface area (Å²) in [6.45, 7) is 3.96. The van der Waals surface area contributed by atoms with E-state index in [1.165, 1.54) is 12.1 Å². The summed E-state index contributed by atoms with van der Waals surface area (Å²) in [7, 11) is -3.78. The fourth-order valence-electron chi connectivity index (χ4n) is 2.18. The van der Waals surface area contributed by atoms with Crippen molar-refractivity contribution in [3.63, 3.8) is 0 Å². The topological polar surface area (TPSA) is 79.5 Å². The molecule has 6 nitrogen and oxygen atoms in total. The number of thiocarbonyl (C=S) groups is 1. The van der Waals surface area contributed by atoms with Gasteiger partial charge in [0.25, 0.3) is 10.0 Å². The molecule has 0 unspecified atom stereocenters. The fraction of sp³-hybridized carbons (Fsp3) is 0.278. The van der Waals surface area contributed by atoms with E-state index in [1.54, 1.807) is 36.4 Å². The monoisotopic (exact) mass is 427 g/mol. The van der Waals surface area contributed by atoms with Crippen molar-refractivity contribution in [1.82, 2.24) is 5.32 Å². The molecule has 0 radical (unpaired) electrons. The maximum Gasteiger partial charge on any atom is 0.262 e. The first-order valence-corrected chi connectivity index (χ1v) is 10.7. The van der Waals surface area contributed by atoms with Crippen molar-refractivity contribution in [2.75, 3.05) is 29.8 Å². The van der Waals surface area contributed by atoms with Gasteiger partial charge in [-0.15, -0.1) is 0 Å². The Balaban J connectivity index is 1.99. The molecule has 0 saturated heterocycles. The van der Waals surface area contributed by atoms with Crippen molar-refractivity contribution in [2.45, 2.75) is 18.2 Å². The lowest BCUT2D eigenvalue weighted by Gasteiger charge is -2.13. The molecule has 9 heteroatoms. The molecule has 2 aromatic carbocycles.